The number of hydrogen-bond donors (Lipinski definition) is 3. The topological polar surface area (TPSA) is 86.9 Å². The van der Waals surface area contributed by atoms with Crippen molar-refractivity contribution in [3.8, 4) is 0 Å². The normalized spacial score (nSPS) is 13.9. The molecule has 1 heterocycles. The van der Waals surface area contributed by atoms with Gasteiger partial charge in [0.1, 0.15) is 0 Å². The molecule has 0 saturated carbocycles. The van der Waals surface area contributed by atoms with Crippen molar-refractivity contribution in [2.24, 2.45) is 5.92 Å². The predicted octanol–water partition coefficient (Wildman–Crippen LogP) is 1.23. The first-order valence-corrected chi connectivity index (χ1v) is 8.16. The average molecular weight is 288 g/mol. The summed E-state index contributed by atoms with van der Waals surface area (Å²) in [6, 6.07) is -0.0692. The van der Waals surface area contributed by atoms with Gasteiger partial charge in [-0.15, -0.1) is 0 Å². The number of nitrogens with zero attached hydrogens (tertiary/aromatic N) is 1. The van der Waals surface area contributed by atoms with Gasteiger partial charge in [0, 0.05) is 18.2 Å². The lowest BCUT2D eigenvalue weighted by Gasteiger charge is -2.20. The zero-order chi connectivity index (χ0) is 14.5. The summed E-state index contributed by atoms with van der Waals surface area (Å²) in [6.07, 6.45) is 2.31. The van der Waals surface area contributed by atoms with Gasteiger partial charge in [-0.05, 0) is 18.9 Å². The van der Waals surface area contributed by atoms with Gasteiger partial charge in [0.05, 0.1) is 6.20 Å². The van der Waals surface area contributed by atoms with E-state index < -0.39 is 10.0 Å². The molecule has 3 N–H and O–H groups in total. The lowest BCUT2D eigenvalue weighted by molar-refractivity contribution is 0.436. The maximum Gasteiger partial charge on any atom is 0.258 e. The minimum Gasteiger partial charge on any atom is -0.313 e. The number of rotatable bonds is 8. The minimum atomic E-state index is -3.54. The molecular formula is C12H24N4O2S. The summed E-state index contributed by atoms with van der Waals surface area (Å²) in [5.41, 5.74) is 0.660. The zero-order valence-electron chi connectivity index (χ0n) is 12.0. The monoisotopic (exact) mass is 288 g/mol. The molecule has 0 aliphatic heterocycles. The van der Waals surface area contributed by atoms with Crippen molar-refractivity contribution >= 4 is 10.0 Å². The fourth-order valence-electron chi connectivity index (χ4n) is 1.87. The van der Waals surface area contributed by atoms with Crippen molar-refractivity contribution < 1.29 is 8.42 Å². The SMILES string of the molecule is CCNCc1cn[nH]c1S(=O)(=O)NC(CC)C(C)C. The summed E-state index contributed by atoms with van der Waals surface area (Å²) in [7, 11) is -3.54. The quantitative estimate of drug-likeness (QED) is 0.671. The Balaban J connectivity index is 2.91. The molecule has 1 unspecified atom stereocenters. The van der Waals surface area contributed by atoms with E-state index in [2.05, 4.69) is 20.2 Å². The number of hydrogen-bond acceptors (Lipinski definition) is 4. The molecule has 1 rings (SSSR count). The van der Waals surface area contributed by atoms with Crippen LogP contribution in [0.2, 0.25) is 0 Å². The molecule has 110 valence electrons. The van der Waals surface area contributed by atoms with E-state index in [4.69, 9.17) is 0 Å². The van der Waals surface area contributed by atoms with E-state index in [1.54, 1.807) is 6.20 Å². The summed E-state index contributed by atoms with van der Waals surface area (Å²) in [6.45, 7) is 9.22. The van der Waals surface area contributed by atoms with Crippen molar-refractivity contribution in [2.45, 2.75) is 51.7 Å². The first-order chi connectivity index (χ1) is 8.92. The number of nitrogens with one attached hydrogen (secondary N) is 3. The first kappa shape index (κ1) is 16.1. The van der Waals surface area contributed by atoms with E-state index in [0.717, 1.165) is 13.0 Å². The molecule has 0 aliphatic carbocycles. The Labute approximate surface area is 115 Å². The van der Waals surface area contributed by atoms with Gasteiger partial charge in [0.25, 0.3) is 10.0 Å². The van der Waals surface area contributed by atoms with Crippen LogP contribution in [-0.2, 0) is 16.6 Å². The van der Waals surface area contributed by atoms with Gasteiger partial charge in [-0.25, -0.2) is 13.1 Å². The molecule has 1 atom stereocenters. The van der Waals surface area contributed by atoms with Gasteiger partial charge in [-0.1, -0.05) is 27.7 Å². The van der Waals surface area contributed by atoms with Crippen molar-refractivity contribution in [1.29, 1.82) is 0 Å². The second-order valence-electron chi connectivity index (χ2n) is 4.88. The van der Waals surface area contributed by atoms with Gasteiger partial charge in [-0.2, -0.15) is 5.10 Å². The molecule has 0 aromatic carbocycles. The van der Waals surface area contributed by atoms with Crippen molar-refractivity contribution in [2.75, 3.05) is 6.54 Å². The third-order valence-electron chi connectivity index (χ3n) is 3.06. The molecule has 19 heavy (non-hydrogen) atoms. The highest BCUT2D eigenvalue weighted by Crippen LogP contribution is 2.15. The molecule has 6 nitrogen and oxygen atoms in total. The summed E-state index contributed by atoms with van der Waals surface area (Å²) in [5.74, 6) is 0.250. The second kappa shape index (κ2) is 7.02. The van der Waals surface area contributed by atoms with E-state index in [-0.39, 0.29) is 17.0 Å². The second-order valence-corrected chi connectivity index (χ2v) is 6.54. The van der Waals surface area contributed by atoms with Crippen LogP contribution < -0.4 is 10.0 Å². The van der Waals surface area contributed by atoms with Gasteiger partial charge >= 0.3 is 0 Å². The third kappa shape index (κ3) is 4.29. The Morgan fingerprint density at radius 3 is 2.58 bits per heavy atom. The standard InChI is InChI=1S/C12H24N4O2S/c1-5-11(9(3)4)16-19(17,18)12-10(7-13-6-2)8-14-15-12/h8-9,11,13,16H,5-7H2,1-4H3,(H,14,15). The Kier molecular flexibility index (Phi) is 5.96. The molecule has 0 amide bonds. The summed E-state index contributed by atoms with van der Waals surface area (Å²) in [4.78, 5) is 0. The molecule has 0 aliphatic rings. The lowest BCUT2D eigenvalue weighted by Crippen LogP contribution is -2.38. The minimum absolute atomic E-state index is 0.0692. The first-order valence-electron chi connectivity index (χ1n) is 6.67. The molecule has 1 aromatic heterocycles. The Hall–Kier alpha value is -0.920. The largest absolute Gasteiger partial charge is 0.313 e. The van der Waals surface area contributed by atoms with Crippen LogP contribution in [0.15, 0.2) is 11.2 Å². The smallest absolute Gasteiger partial charge is 0.258 e. The van der Waals surface area contributed by atoms with Gasteiger partial charge < -0.3 is 5.32 Å². The molecular weight excluding hydrogens is 264 g/mol. The van der Waals surface area contributed by atoms with Crippen LogP contribution in [-0.4, -0.2) is 31.2 Å². The lowest BCUT2D eigenvalue weighted by atomic mass is 10.0. The molecule has 0 saturated heterocycles. The average Bonchev–Trinajstić information content (AvgIpc) is 2.82. The van der Waals surface area contributed by atoms with E-state index in [0.29, 0.717) is 12.1 Å². The molecule has 0 fully saturated rings. The summed E-state index contributed by atoms with van der Waals surface area (Å²) >= 11 is 0. The van der Waals surface area contributed by atoms with E-state index in [1.165, 1.54) is 0 Å². The van der Waals surface area contributed by atoms with Gasteiger partial charge in [0.2, 0.25) is 0 Å². The molecule has 7 heteroatoms. The third-order valence-corrected chi connectivity index (χ3v) is 4.57. The van der Waals surface area contributed by atoms with E-state index in [9.17, 15) is 8.42 Å². The molecule has 0 bridgehead atoms. The number of aromatic nitrogens is 2. The highest BCUT2D eigenvalue weighted by molar-refractivity contribution is 7.89. The maximum atomic E-state index is 12.3. The maximum absolute atomic E-state index is 12.3. The number of H-pyrrole nitrogens is 1. The molecule has 1 aromatic rings. The predicted molar refractivity (Wildman–Crippen MR) is 75.2 cm³/mol. The van der Waals surface area contributed by atoms with E-state index >= 15 is 0 Å². The Bertz CT molecular complexity index is 482. The molecule has 0 spiro atoms. The number of aromatic amines is 1. The Morgan fingerprint density at radius 1 is 1.37 bits per heavy atom. The van der Waals surface area contributed by atoms with Crippen LogP contribution in [0.5, 0.6) is 0 Å². The Morgan fingerprint density at radius 2 is 2.05 bits per heavy atom. The van der Waals surface area contributed by atoms with E-state index in [1.807, 2.05) is 27.7 Å². The van der Waals surface area contributed by atoms with Crippen molar-refractivity contribution in [3.63, 3.8) is 0 Å². The van der Waals surface area contributed by atoms with Gasteiger partial charge in [0.15, 0.2) is 5.03 Å². The highest BCUT2D eigenvalue weighted by atomic mass is 32.2. The van der Waals surface area contributed by atoms with Crippen molar-refractivity contribution in [1.82, 2.24) is 20.2 Å². The van der Waals surface area contributed by atoms with Crippen molar-refractivity contribution in [3.05, 3.63) is 11.8 Å². The van der Waals surface area contributed by atoms with Crippen LogP contribution in [0.3, 0.4) is 0 Å². The van der Waals surface area contributed by atoms with Crippen LogP contribution >= 0.6 is 0 Å². The fraction of sp³-hybridized carbons (Fsp3) is 0.750. The highest BCUT2D eigenvalue weighted by Gasteiger charge is 2.25. The van der Waals surface area contributed by atoms with Crippen LogP contribution in [0.4, 0.5) is 0 Å². The summed E-state index contributed by atoms with van der Waals surface area (Å²) < 4.78 is 27.4. The molecule has 0 radical (unpaired) electrons. The van der Waals surface area contributed by atoms with Gasteiger partial charge in [-0.3, -0.25) is 5.10 Å². The van der Waals surface area contributed by atoms with Crippen LogP contribution in [0.1, 0.15) is 39.7 Å². The number of sulfonamides is 1. The van der Waals surface area contributed by atoms with Crippen LogP contribution in [0, 0.1) is 5.92 Å². The van der Waals surface area contributed by atoms with Crippen LogP contribution in [0.25, 0.3) is 0 Å². The fourth-order valence-corrected chi connectivity index (χ4v) is 3.46. The zero-order valence-corrected chi connectivity index (χ0v) is 12.8. The summed E-state index contributed by atoms with van der Waals surface area (Å²) in [5, 5.41) is 9.68.